The topological polar surface area (TPSA) is 67.7 Å². The fourth-order valence-electron chi connectivity index (χ4n) is 3.82. The summed E-state index contributed by atoms with van der Waals surface area (Å²) in [5.74, 6) is 1.26. The first-order valence-electron chi connectivity index (χ1n) is 11.1. The minimum absolute atomic E-state index is 0.176. The van der Waals surface area contributed by atoms with E-state index in [2.05, 4.69) is 9.88 Å². The molecule has 0 saturated heterocycles. The molecule has 2 aromatic carbocycles. The molecule has 0 unspecified atom stereocenters. The third-order valence-electron chi connectivity index (χ3n) is 5.67. The summed E-state index contributed by atoms with van der Waals surface area (Å²) in [5.41, 5.74) is 3.02. The van der Waals surface area contributed by atoms with Crippen LogP contribution in [-0.2, 0) is 30.5 Å². The van der Waals surface area contributed by atoms with Crippen LogP contribution in [-0.4, -0.2) is 46.5 Å². The first kappa shape index (κ1) is 24.1. The van der Waals surface area contributed by atoms with Gasteiger partial charge >= 0.3 is 6.18 Å². The van der Waals surface area contributed by atoms with Crippen molar-refractivity contribution in [2.24, 2.45) is 0 Å². The van der Waals surface area contributed by atoms with Gasteiger partial charge in [0.05, 0.1) is 17.9 Å². The molecule has 0 radical (unpaired) electrons. The van der Waals surface area contributed by atoms with Crippen molar-refractivity contribution >= 4 is 0 Å². The third kappa shape index (κ3) is 6.31. The van der Waals surface area contributed by atoms with Crippen molar-refractivity contribution in [1.82, 2.24) is 14.9 Å². The van der Waals surface area contributed by atoms with Gasteiger partial charge in [0.2, 0.25) is 0 Å². The molecule has 1 N–H and O–H groups in total. The molecular formula is C25H26F3N3O3. The highest BCUT2D eigenvalue weighted by Crippen LogP contribution is 2.29. The Balaban J connectivity index is 1.32. The Morgan fingerprint density at radius 1 is 1.03 bits per heavy atom. The number of benzene rings is 2. The fourth-order valence-corrected chi connectivity index (χ4v) is 3.82. The summed E-state index contributed by atoms with van der Waals surface area (Å²) < 4.78 is 48.7. The Kier molecular flexibility index (Phi) is 7.77. The summed E-state index contributed by atoms with van der Waals surface area (Å²) in [6.45, 7) is 3.08. The van der Waals surface area contributed by atoms with E-state index < -0.39 is 11.7 Å². The van der Waals surface area contributed by atoms with E-state index >= 15 is 0 Å². The number of hydrogen-bond donors (Lipinski definition) is 1. The monoisotopic (exact) mass is 473 g/mol. The number of aromatic nitrogens is 2. The van der Waals surface area contributed by atoms with Crippen LogP contribution >= 0.6 is 0 Å². The van der Waals surface area contributed by atoms with Gasteiger partial charge in [0.25, 0.3) is 0 Å². The van der Waals surface area contributed by atoms with Gasteiger partial charge in [0, 0.05) is 43.4 Å². The van der Waals surface area contributed by atoms with Crippen LogP contribution in [0, 0.1) is 0 Å². The average molecular weight is 473 g/mol. The predicted octanol–water partition coefficient (Wildman–Crippen LogP) is 4.46. The lowest BCUT2D eigenvalue weighted by molar-refractivity contribution is -0.137. The fraction of sp³-hybridized carbons (Fsp3) is 0.360. The van der Waals surface area contributed by atoms with Gasteiger partial charge in [-0.2, -0.15) is 13.2 Å². The van der Waals surface area contributed by atoms with Gasteiger partial charge in [0.15, 0.2) is 5.82 Å². The minimum atomic E-state index is -4.34. The number of aliphatic hydroxyl groups excluding tert-OH is 1. The third-order valence-corrected chi connectivity index (χ3v) is 5.67. The van der Waals surface area contributed by atoms with Gasteiger partial charge in [-0.15, -0.1) is 0 Å². The zero-order valence-electron chi connectivity index (χ0n) is 18.6. The Bertz CT molecular complexity index is 1070. The molecule has 0 spiro atoms. The lowest BCUT2D eigenvalue weighted by Crippen LogP contribution is -2.32. The van der Waals surface area contributed by atoms with E-state index in [1.54, 1.807) is 12.1 Å². The highest BCUT2D eigenvalue weighted by Gasteiger charge is 2.29. The molecule has 0 fully saturated rings. The summed E-state index contributed by atoms with van der Waals surface area (Å²) >= 11 is 0. The second-order valence-electron chi connectivity index (χ2n) is 8.09. The molecule has 180 valence electrons. The van der Waals surface area contributed by atoms with E-state index in [1.165, 1.54) is 12.1 Å². The van der Waals surface area contributed by atoms with Gasteiger partial charge in [0.1, 0.15) is 19.1 Å². The van der Waals surface area contributed by atoms with Crippen LogP contribution in [0.3, 0.4) is 0 Å². The van der Waals surface area contributed by atoms with E-state index in [0.29, 0.717) is 23.7 Å². The number of rotatable bonds is 9. The second-order valence-corrected chi connectivity index (χ2v) is 8.09. The maximum atomic E-state index is 12.7. The summed E-state index contributed by atoms with van der Waals surface area (Å²) in [6, 6.07) is 12.3. The highest BCUT2D eigenvalue weighted by molar-refractivity contribution is 5.56. The highest BCUT2D eigenvalue weighted by atomic mass is 19.4. The maximum Gasteiger partial charge on any atom is 0.416 e. The average Bonchev–Trinajstić information content (AvgIpc) is 2.85. The van der Waals surface area contributed by atoms with Gasteiger partial charge in [-0.3, -0.25) is 4.90 Å². The Morgan fingerprint density at radius 2 is 1.79 bits per heavy atom. The smallest absolute Gasteiger partial charge is 0.416 e. The van der Waals surface area contributed by atoms with E-state index in [0.717, 1.165) is 61.4 Å². The standard InChI is InChI=1S/C25H26F3N3O3/c26-25(27,28)21-6-2-18(3-7-21)16-34-22-8-4-19(5-9-22)24-29-14-20-15-31(11-1-13-33-17-32)12-10-23(20)30-24/h2-9,14,32H,1,10-13,15-17H2. The predicted molar refractivity (Wildman–Crippen MR) is 120 cm³/mol. The molecule has 2 heterocycles. The van der Waals surface area contributed by atoms with Crippen molar-refractivity contribution in [1.29, 1.82) is 0 Å². The van der Waals surface area contributed by atoms with Crippen LogP contribution in [0.5, 0.6) is 5.75 Å². The Labute approximate surface area is 196 Å². The Hall–Kier alpha value is -3.01. The maximum absolute atomic E-state index is 12.7. The van der Waals surface area contributed by atoms with Crippen LogP contribution in [0.2, 0.25) is 0 Å². The number of aliphatic hydroxyl groups is 1. The number of alkyl halides is 3. The molecule has 1 aliphatic heterocycles. The second kappa shape index (κ2) is 10.9. The molecule has 1 aliphatic rings. The molecule has 0 amide bonds. The summed E-state index contributed by atoms with van der Waals surface area (Å²) in [4.78, 5) is 11.6. The van der Waals surface area contributed by atoms with Crippen LogP contribution in [0.4, 0.5) is 13.2 Å². The molecule has 1 aromatic heterocycles. The normalized spacial score (nSPS) is 14.1. The zero-order chi connectivity index (χ0) is 24.0. The lowest BCUT2D eigenvalue weighted by atomic mass is 10.1. The molecule has 0 atom stereocenters. The van der Waals surface area contributed by atoms with E-state index in [-0.39, 0.29) is 13.4 Å². The van der Waals surface area contributed by atoms with Crippen molar-refractivity contribution in [3.8, 4) is 17.1 Å². The van der Waals surface area contributed by atoms with Crippen molar-refractivity contribution in [2.45, 2.75) is 32.2 Å². The van der Waals surface area contributed by atoms with Gasteiger partial charge in [-0.25, -0.2) is 9.97 Å². The van der Waals surface area contributed by atoms with E-state index in [1.807, 2.05) is 18.3 Å². The van der Waals surface area contributed by atoms with Crippen LogP contribution < -0.4 is 4.74 Å². The van der Waals surface area contributed by atoms with Gasteiger partial charge in [-0.1, -0.05) is 12.1 Å². The molecule has 9 heteroatoms. The van der Waals surface area contributed by atoms with Crippen LogP contribution in [0.15, 0.2) is 54.7 Å². The molecule has 0 aliphatic carbocycles. The van der Waals surface area contributed by atoms with E-state index in [4.69, 9.17) is 19.6 Å². The largest absolute Gasteiger partial charge is 0.489 e. The lowest BCUT2D eigenvalue weighted by Gasteiger charge is -2.27. The number of fused-ring (bicyclic) bond motifs is 1. The first-order valence-corrected chi connectivity index (χ1v) is 11.1. The Morgan fingerprint density at radius 3 is 2.50 bits per heavy atom. The SMILES string of the molecule is OCOCCCN1CCc2nc(-c3ccc(OCc4ccc(C(F)(F)F)cc4)cc3)ncc2C1. The van der Waals surface area contributed by atoms with Gasteiger partial charge in [-0.05, 0) is 48.4 Å². The van der Waals surface area contributed by atoms with Crippen LogP contribution in [0.25, 0.3) is 11.4 Å². The summed E-state index contributed by atoms with van der Waals surface area (Å²) in [5, 5.41) is 8.68. The van der Waals surface area contributed by atoms with Crippen molar-refractivity contribution in [3.05, 3.63) is 77.1 Å². The molecule has 0 bridgehead atoms. The molecule has 6 nitrogen and oxygen atoms in total. The molecule has 0 saturated carbocycles. The quantitative estimate of drug-likeness (QED) is 0.366. The summed E-state index contributed by atoms with van der Waals surface area (Å²) in [7, 11) is 0. The zero-order valence-corrected chi connectivity index (χ0v) is 18.6. The molecule has 34 heavy (non-hydrogen) atoms. The van der Waals surface area contributed by atoms with Crippen LogP contribution in [0.1, 0.15) is 28.8 Å². The number of nitrogens with zero attached hydrogens (tertiary/aromatic N) is 3. The van der Waals surface area contributed by atoms with Crippen molar-refractivity contribution in [2.75, 3.05) is 26.5 Å². The number of ether oxygens (including phenoxy) is 2. The molecular weight excluding hydrogens is 447 g/mol. The van der Waals surface area contributed by atoms with E-state index in [9.17, 15) is 13.2 Å². The molecule has 3 aromatic rings. The first-order chi connectivity index (χ1) is 16.4. The van der Waals surface area contributed by atoms with Crippen molar-refractivity contribution < 1.29 is 27.8 Å². The van der Waals surface area contributed by atoms with Crippen molar-refractivity contribution in [3.63, 3.8) is 0 Å². The number of hydrogen-bond acceptors (Lipinski definition) is 6. The minimum Gasteiger partial charge on any atom is -0.489 e. The molecule has 4 rings (SSSR count). The van der Waals surface area contributed by atoms with Gasteiger partial charge < -0.3 is 14.6 Å². The number of halogens is 3. The summed E-state index contributed by atoms with van der Waals surface area (Å²) in [6.07, 6.45) is -0.755.